The lowest BCUT2D eigenvalue weighted by molar-refractivity contribution is -0.137. The second kappa shape index (κ2) is 9.45. The van der Waals surface area contributed by atoms with Gasteiger partial charge in [-0.05, 0) is 71.5 Å². The highest BCUT2D eigenvalue weighted by molar-refractivity contribution is 7.90. The lowest BCUT2D eigenvalue weighted by Gasteiger charge is -2.32. The highest BCUT2D eigenvalue weighted by Gasteiger charge is 2.33. The van der Waals surface area contributed by atoms with E-state index in [9.17, 15) is 26.5 Å². The van der Waals surface area contributed by atoms with Crippen LogP contribution in [0.15, 0.2) is 42.5 Å². The average Bonchev–Trinajstić information content (AvgIpc) is 2.68. The van der Waals surface area contributed by atoms with Crippen molar-refractivity contribution in [3.05, 3.63) is 70.5 Å². The monoisotopic (exact) mass is 431 g/mol. The molecule has 1 aliphatic heterocycles. The first-order valence-corrected chi connectivity index (χ1v) is 10.8. The minimum atomic E-state index is -4.58. The third kappa shape index (κ3) is 5.93. The van der Waals surface area contributed by atoms with Crippen LogP contribution in [-0.2, 0) is 29.8 Å². The van der Waals surface area contributed by atoms with Gasteiger partial charge in [-0.25, -0.2) is 8.78 Å². The fourth-order valence-corrected chi connectivity index (χ4v) is 5.30. The van der Waals surface area contributed by atoms with E-state index in [1.54, 1.807) is 12.1 Å². The highest BCUT2D eigenvalue weighted by atomic mass is 32.2. The summed E-state index contributed by atoms with van der Waals surface area (Å²) in [6.45, 7) is 0.410. The number of hydrogen-bond acceptors (Lipinski definition) is 2. The van der Waals surface area contributed by atoms with E-state index in [1.165, 1.54) is 18.2 Å². The van der Waals surface area contributed by atoms with Gasteiger partial charge in [0.1, 0.15) is 24.0 Å². The number of nitrogens with one attached hydrogen (secondary N) is 1. The molecule has 1 heterocycles. The predicted molar refractivity (Wildman–Crippen MR) is 103 cm³/mol. The quantitative estimate of drug-likeness (QED) is 0.519. The molecule has 3 rings (SSSR count). The molecule has 0 spiro atoms. The highest BCUT2D eigenvalue weighted by Crippen LogP contribution is 2.33. The number of hydrogen-bond donors (Lipinski definition) is 1. The molecule has 1 saturated heterocycles. The standard InChI is InChI=1S/C21H22F5NOS/c22-10-14-7-15(9-18(8-14)21(24,25)26)12-29(28)13-17-11-27-6-5-20(17)16-1-3-19(23)4-2-16/h1-4,7-9,17,20,27H,5-6,10-13H2/t17-,20-,29?/m0/s1. The summed E-state index contributed by atoms with van der Waals surface area (Å²) in [6.07, 6.45) is -3.77. The topological polar surface area (TPSA) is 35.1 Å². The maximum absolute atomic E-state index is 13.2. The molecule has 29 heavy (non-hydrogen) atoms. The summed E-state index contributed by atoms with van der Waals surface area (Å²) in [5, 5.41) is 3.26. The van der Waals surface area contributed by atoms with Gasteiger partial charge in [-0.2, -0.15) is 13.2 Å². The summed E-state index contributed by atoms with van der Waals surface area (Å²) in [4.78, 5) is 0. The van der Waals surface area contributed by atoms with E-state index >= 15 is 0 Å². The van der Waals surface area contributed by atoms with E-state index in [1.807, 2.05) is 0 Å². The van der Waals surface area contributed by atoms with Crippen LogP contribution in [0.25, 0.3) is 0 Å². The first-order valence-electron chi connectivity index (χ1n) is 9.33. The molecule has 0 aromatic heterocycles. The van der Waals surface area contributed by atoms with Crippen LogP contribution in [0.3, 0.4) is 0 Å². The van der Waals surface area contributed by atoms with Crippen LogP contribution < -0.4 is 5.32 Å². The summed E-state index contributed by atoms with van der Waals surface area (Å²) < 4.78 is 78.0. The Hall–Kier alpha value is -1.64. The van der Waals surface area contributed by atoms with Crippen molar-refractivity contribution in [2.75, 3.05) is 18.8 Å². The zero-order valence-corrected chi connectivity index (χ0v) is 16.5. The smallest absolute Gasteiger partial charge is 0.416 e. The Morgan fingerprint density at radius 3 is 2.41 bits per heavy atom. The molecule has 1 unspecified atom stereocenters. The van der Waals surface area contributed by atoms with Crippen molar-refractivity contribution < 1.29 is 26.5 Å². The van der Waals surface area contributed by atoms with Gasteiger partial charge in [0.15, 0.2) is 0 Å². The maximum atomic E-state index is 13.2. The van der Waals surface area contributed by atoms with E-state index < -0.39 is 29.6 Å². The second-order valence-corrected chi connectivity index (χ2v) is 8.83. The Morgan fingerprint density at radius 2 is 1.76 bits per heavy atom. The van der Waals surface area contributed by atoms with Crippen LogP contribution in [-0.4, -0.2) is 23.4 Å². The van der Waals surface area contributed by atoms with Crippen LogP contribution in [0, 0.1) is 11.7 Å². The lowest BCUT2D eigenvalue weighted by Crippen LogP contribution is -2.39. The molecule has 0 amide bonds. The number of piperidine rings is 1. The molecule has 2 aromatic carbocycles. The van der Waals surface area contributed by atoms with Crippen LogP contribution in [0.5, 0.6) is 0 Å². The molecular weight excluding hydrogens is 409 g/mol. The zero-order chi connectivity index (χ0) is 21.0. The molecule has 0 radical (unpaired) electrons. The summed E-state index contributed by atoms with van der Waals surface area (Å²) >= 11 is -1.42. The van der Waals surface area contributed by atoms with Crippen molar-refractivity contribution in [1.29, 1.82) is 0 Å². The van der Waals surface area contributed by atoms with Crippen LogP contribution in [0.4, 0.5) is 22.0 Å². The van der Waals surface area contributed by atoms with Gasteiger partial charge in [-0.1, -0.05) is 12.1 Å². The fraction of sp³-hybridized carbons (Fsp3) is 0.429. The number of halogens is 5. The zero-order valence-electron chi connectivity index (χ0n) is 15.6. The van der Waals surface area contributed by atoms with Gasteiger partial charge in [0.25, 0.3) is 0 Å². The number of alkyl halides is 4. The van der Waals surface area contributed by atoms with Gasteiger partial charge in [0.2, 0.25) is 0 Å². The Labute approximate surface area is 169 Å². The van der Waals surface area contributed by atoms with Gasteiger partial charge in [0, 0.05) is 18.0 Å². The molecule has 158 valence electrons. The van der Waals surface area contributed by atoms with E-state index in [0.717, 1.165) is 30.7 Å². The summed E-state index contributed by atoms with van der Waals surface area (Å²) in [6, 6.07) is 9.29. The molecule has 1 fully saturated rings. The molecular formula is C21H22F5NOS. The molecule has 3 atom stereocenters. The van der Waals surface area contributed by atoms with Gasteiger partial charge in [-0.3, -0.25) is 0 Å². The van der Waals surface area contributed by atoms with Crippen molar-refractivity contribution in [3.8, 4) is 0 Å². The first kappa shape index (κ1) is 22.1. The number of rotatable bonds is 6. The minimum Gasteiger partial charge on any atom is -0.616 e. The van der Waals surface area contributed by atoms with Crippen LogP contribution in [0.1, 0.15) is 34.6 Å². The van der Waals surface area contributed by atoms with Crippen molar-refractivity contribution in [2.24, 2.45) is 5.92 Å². The fourth-order valence-electron chi connectivity index (χ4n) is 3.82. The third-order valence-corrected chi connectivity index (χ3v) is 6.62. The van der Waals surface area contributed by atoms with Gasteiger partial charge >= 0.3 is 6.18 Å². The maximum Gasteiger partial charge on any atom is 0.416 e. The SMILES string of the molecule is [O-][S+](Cc1cc(CF)cc(C(F)(F)F)c1)C[C@@H]1CNCC[C@H]1c1ccc(F)cc1. The lowest BCUT2D eigenvalue weighted by atomic mass is 9.82. The van der Waals surface area contributed by atoms with E-state index in [0.29, 0.717) is 12.3 Å². The Kier molecular flexibility index (Phi) is 7.19. The van der Waals surface area contributed by atoms with E-state index in [-0.39, 0.29) is 34.5 Å². The summed E-state index contributed by atoms with van der Waals surface area (Å²) in [7, 11) is 0. The van der Waals surface area contributed by atoms with Crippen molar-refractivity contribution in [1.82, 2.24) is 5.32 Å². The van der Waals surface area contributed by atoms with Crippen molar-refractivity contribution in [3.63, 3.8) is 0 Å². The third-order valence-electron chi connectivity index (χ3n) is 5.17. The molecule has 0 saturated carbocycles. The van der Waals surface area contributed by atoms with E-state index in [4.69, 9.17) is 0 Å². The molecule has 1 N–H and O–H groups in total. The van der Waals surface area contributed by atoms with Gasteiger partial charge in [-0.15, -0.1) is 0 Å². The average molecular weight is 431 g/mol. The van der Waals surface area contributed by atoms with Crippen molar-refractivity contribution >= 4 is 11.2 Å². The minimum absolute atomic E-state index is 0.0153. The Balaban J connectivity index is 1.72. The molecule has 2 aromatic rings. The van der Waals surface area contributed by atoms with E-state index in [2.05, 4.69) is 5.32 Å². The van der Waals surface area contributed by atoms with Crippen LogP contribution in [0.2, 0.25) is 0 Å². The largest absolute Gasteiger partial charge is 0.616 e. The van der Waals surface area contributed by atoms with Crippen LogP contribution >= 0.6 is 0 Å². The van der Waals surface area contributed by atoms with Gasteiger partial charge < -0.3 is 9.87 Å². The predicted octanol–water partition coefficient (Wildman–Crippen LogP) is 4.96. The van der Waals surface area contributed by atoms with Gasteiger partial charge in [0.05, 0.1) is 5.56 Å². The molecule has 0 aliphatic carbocycles. The first-order chi connectivity index (χ1) is 13.8. The molecule has 1 aliphatic rings. The van der Waals surface area contributed by atoms with Crippen molar-refractivity contribution in [2.45, 2.75) is 30.9 Å². The summed E-state index contributed by atoms with van der Waals surface area (Å²) in [5.74, 6) is 0.0287. The Morgan fingerprint density at radius 1 is 1.07 bits per heavy atom. The molecule has 8 heteroatoms. The normalized spacial score (nSPS) is 21.2. The number of benzene rings is 2. The molecule has 2 nitrogen and oxygen atoms in total. The Bertz CT molecular complexity index is 812. The second-order valence-electron chi connectivity index (χ2n) is 7.33. The molecule has 0 bridgehead atoms. The summed E-state index contributed by atoms with van der Waals surface area (Å²) in [5.41, 5.74) is 0.181.